The molecule has 0 amide bonds. The highest BCUT2D eigenvalue weighted by Crippen LogP contribution is 2.34. The summed E-state index contributed by atoms with van der Waals surface area (Å²) in [5, 5.41) is 12.3. The van der Waals surface area contributed by atoms with Crippen LogP contribution in [0.25, 0.3) is 0 Å². The van der Waals surface area contributed by atoms with Gasteiger partial charge in [-0.05, 0) is 43.5 Å². The lowest BCUT2D eigenvalue weighted by Crippen LogP contribution is -2.43. The van der Waals surface area contributed by atoms with Gasteiger partial charge in [0.1, 0.15) is 11.3 Å². The first-order valence-corrected chi connectivity index (χ1v) is 5.61. The SMILES string of the molecule is CC(=O)Oc1ccc(NC2(C#N)CCC2)cc1. The minimum Gasteiger partial charge on any atom is -0.427 e. The van der Waals surface area contributed by atoms with Crippen molar-refractivity contribution in [3.05, 3.63) is 24.3 Å². The molecule has 0 saturated heterocycles. The summed E-state index contributed by atoms with van der Waals surface area (Å²) >= 11 is 0. The first kappa shape index (κ1) is 11.5. The Labute approximate surface area is 100 Å². The van der Waals surface area contributed by atoms with E-state index in [1.165, 1.54) is 6.92 Å². The molecule has 1 N–H and O–H groups in total. The van der Waals surface area contributed by atoms with Gasteiger partial charge in [-0.15, -0.1) is 0 Å². The Bertz CT molecular complexity index is 455. The Kier molecular flexibility index (Phi) is 3.01. The van der Waals surface area contributed by atoms with Crippen molar-refractivity contribution >= 4 is 11.7 Å². The van der Waals surface area contributed by atoms with Crippen molar-refractivity contribution in [1.82, 2.24) is 0 Å². The summed E-state index contributed by atoms with van der Waals surface area (Å²) in [5.74, 6) is 0.181. The van der Waals surface area contributed by atoms with Crippen LogP contribution in [-0.2, 0) is 4.79 Å². The van der Waals surface area contributed by atoms with Crippen molar-refractivity contribution < 1.29 is 9.53 Å². The predicted octanol–water partition coefficient (Wildman–Crippen LogP) is 2.47. The van der Waals surface area contributed by atoms with Crippen molar-refractivity contribution in [2.24, 2.45) is 0 Å². The number of benzene rings is 1. The van der Waals surface area contributed by atoms with E-state index in [4.69, 9.17) is 10.00 Å². The van der Waals surface area contributed by atoms with Gasteiger partial charge >= 0.3 is 5.97 Å². The van der Waals surface area contributed by atoms with Crippen LogP contribution in [0.1, 0.15) is 26.2 Å². The highest BCUT2D eigenvalue weighted by Gasteiger charge is 2.36. The van der Waals surface area contributed by atoms with Gasteiger partial charge < -0.3 is 10.1 Å². The Balaban J connectivity index is 2.03. The van der Waals surface area contributed by atoms with E-state index >= 15 is 0 Å². The van der Waals surface area contributed by atoms with Crippen LogP contribution in [0.3, 0.4) is 0 Å². The second-order valence-corrected chi connectivity index (χ2v) is 4.29. The Morgan fingerprint density at radius 3 is 2.47 bits per heavy atom. The molecule has 1 aliphatic carbocycles. The summed E-state index contributed by atoms with van der Waals surface area (Å²) in [6.45, 7) is 1.37. The van der Waals surface area contributed by atoms with E-state index in [-0.39, 0.29) is 5.97 Å². The molecule has 0 radical (unpaired) electrons. The third kappa shape index (κ3) is 2.56. The first-order valence-electron chi connectivity index (χ1n) is 5.61. The van der Waals surface area contributed by atoms with Crippen LogP contribution in [0, 0.1) is 11.3 Å². The number of nitrogens with zero attached hydrogens (tertiary/aromatic N) is 1. The number of anilines is 1. The number of rotatable bonds is 3. The molecule has 1 fully saturated rings. The maximum Gasteiger partial charge on any atom is 0.308 e. The molecule has 0 bridgehead atoms. The molecule has 1 aromatic carbocycles. The summed E-state index contributed by atoms with van der Waals surface area (Å²) < 4.78 is 4.93. The van der Waals surface area contributed by atoms with E-state index in [9.17, 15) is 4.79 Å². The van der Waals surface area contributed by atoms with Crippen molar-refractivity contribution in [1.29, 1.82) is 5.26 Å². The van der Waals surface area contributed by atoms with Crippen molar-refractivity contribution in [3.63, 3.8) is 0 Å². The number of nitrogens with one attached hydrogen (secondary N) is 1. The summed E-state index contributed by atoms with van der Waals surface area (Å²) in [6.07, 6.45) is 2.86. The minimum atomic E-state index is -0.400. The van der Waals surface area contributed by atoms with Crippen LogP contribution in [0.5, 0.6) is 5.75 Å². The van der Waals surface area contributed by atoms with E-state index in [0.29, 0.717) is 5.75 Å². The van der Waals surface area contributed by atoms with Gasteiger partial charge in [0, 0.05) is 12.6 Å². The average Bonchev–Trinajstić information content (AvgIpc) is 2.25. The number of ether oxygens (including phenoxy) is 1. The average molecular weight is 230 g/mol. The second-order valence-electron chi connectivity index (χ2n) is 4.29. The van der Waals surface area contributed by atoms with Crippen molar-refractivity contribution in [2.75, 3.05) is 5.32 Å². The fourth-order valence-corrected chi connectivity index (χ4v) is 1.84. The molecule has 2 rings (SSSR count). The third-order valence-corrected chi connectivity index (χ3v) is 2.92. The zero-order chi connectivity index (χ0) is 12.3. The number of carbonyl (C=O) groups excluding carboxylic acids is 1. The summed E-state index contributed by atoms with van der Waals surface area (Å²) in [6, 6.07) is 9.38. The molecule has 1 aromatic rings. The van der Waals surface area contributed by atoms with E-state index < -0.39 is 5.54 Å². The van der Waals surface area contributed by atoms with Crippen LogP contribution < -0.4 is 10.1 Å². The molecule has 0 unspecified atom stereocenters. The molecule has 1 aliphatic rings. The van der Waals surface area contributed by atoms with Crippen LogP contribution in [0.15, 0.2) is 24.3 Å². The van der Waals surface area contributed by atoms with E-state index in [0.717, 1.165) is 24.9 Å². The fourth-order valence-electron chi connectivity index (χ4n) is 1.84. The van der Waals surface area contributed by atoms with E-state index in [2.05, 4.69) is 11.4 Å². The Hall–Kier alpha value is -2.02. The zero-order valence-electron chi connectivity index (χ0n) is 9.69. The van der Waals surface area contributed by atoms with E-state index in [1.54, 1.807) is 12.1 Å². The minimum absolute atomic E-state index is 0.335. The smallest absolute Gasteiger partial charge is 0.308 e. The van der Waals surface area contributed by atoms with Crippen LogP contribution in [-0.4, -0.2) is 11.5 Å². The van der Waals surface area contributed by atoms with Gasteiger partial charge in [-0.3, -0.25) is 4.79 Å². The van der Waals surface area contributed by atoms with Crippen molar-refractivity contribution in [2.45, 2.75) is 31.7 Å². The predicted molar refractivity (Wildman–Crippen MR) is 63.6 cm³/mol. The largest absolute Gasteiger partial charge is 0.427 e. The zero-order valence-corrected chi connectivity index (χ0v) is 9.69. The lowest BCUT2D eigenvalue weighted by molar-refractivity contribution is -0.131. The summed E-state index contributed by atoms with van der Waals surface area (Å²) in [7, 11) is 0. The molecule has 0 atom stereocenters. The number of hydrogen-bond donors (Lipinski definition) is 1. The molecule has 0 spiro atoms. The van der Waals surface area contributed by atoms with Gasteiger partial charge in [-0.1, -0.05) is 0 Å². The number of esters is 1. The van der Waals surface area contributed by atoms with Gasteiger partial charge in [0.25, 0.3) is 0 Å². The van der Waals surface area contributed by atoms with Crippen LogP contribution >= 0.6 is 0 Å². The molecule has 0 aliphatic heterocycles. The van der Waals surface area contributed by atoms with Crippen LogP contribution in [0.2, 0.25) is 0 Å². The number of hydrogen-bond acceptors (Lipinski definition) is 4. The lowest BCUT2D eigenvalue weighted by Gasteiger charge is -2.36. The third-order valence-electron chi connectivity index (χ3n) is 2.92. The van der Waals surface area contributed by atoms with E-state index in [1.807, 2.05) is 12.1 Å². The summed E-state index contributed by atoms with van der Waals surface area (Å²) in [5.41, 5.74) is 0.477. The maximum atomic E-state index is 10.7. The van der Waals surface area contributed by atoms with Crippen LogP contribution in [0.4, 0.5) is 5.69 Å². The molecule has 4 heteroatoms. The second kappa shape index (κ2) is 4.46. The van der Waals surface area contributed by atoms with Gasteiger partial charge in [-0.25, -0.2) is 0 Å². The lowest BCUT2D eigenvalue weighted by atomic mass is 9.78. The molecule has 0 heterocycles. The molecule has 0 aromatic heterocycles. The first-order chi connectivity index (χ1) is 8.13. The summed E-state index contributed by atoms with van der Waals surface area (Å²) in [4.78, 5) is 10.7. The quantitative estimate of drug-likeness (QED) is 0.640. The Morgan fingerprint density at radius 1 is 1.41 bits per heavy atom. The normalized spacial score (nSPS) is 16.5. The van der Waals surface area contributed by atoms with Gasteiger partial charge in [-0.2, -0.15) is 5.26 Å². The van der Waals surface area contributed by atoms with Gasteiger partial charge in [0.05, 0.1) is 6.07 Å². The molecule has 17 heavy (non-hydrogen) atoms. The van der Waals surface area contributed by atoms with Gasteiger partial charge in [0.2, 0.25) is 0 Å². The highest BCUT2D eigenvalue weighted by molar-refractivity contribution is 5.69. The highest BCUT2D eigenvalue weighted by atomic mass is 16.5. The van der Waals surface area contributed by atoms with Crippen molar-refractivity contribution in [3.8, 4) is 11.8 Å². The van der Waals surface area contributed by atoms with Gasteiger partial charge in [0.15, 0.2) is 0 Å². The molecule has 1 saturated carbocycles. The molecular formula is C13H14N2O2. The topological polar surface area (TPSA) is 62.1 Å². The Morgan fingerprint density at radius 2 is 2.06 bits per heavy atom. The maximum absolute atomic E-state index is 10.7. The standard InChI is InChI=1S/C13H14N2O2/c1-10(16)17-12-5-3-11(4-6-12)15-13(9-14)7-2-8-13/h3-6,15H,2,7-8H2,1H3. The fraction of sp³-hybridized carbons (Fsp3) is 0.385. The molecular weight excluding hydrogens is 216 g/mol. The number of carbonyl (C=O) groups is 1. The number of nitriles is 1. The molecule has 4 nitrogen and oxygen atoms in total. The molecule has 88 valence electrons. The monoisotopic (exact) mass is 230 g/mol.